The molecule has 0 bridgehead atoms. The van der Waals surface area contributed by atoms with E-state index >= 15 is 0 Å². The Morgan fingerprint density at radius 2 is 0.800 bits per heavy atom. The van der Waals surface area contributed by atoms with Gasteiger partial charge in [-0.3, -0.25) is 0 Å². The van der Waals surface area contributed by atoms with Crippen molar-refractivity contribution in [2.45, 2.75) is 0 Å². The van der Waals surface area contributed by atoms with E-state index in [1.165, 1.54) is 77.0 Å². The van der Waals surface area contributed by atoms with Gasteiger partial charge < -0.3 is 9.13 Å². The van der Waals surface area contributed by atoms with Crippen LogP contribution in [-0.4, -0.2) is 9.13 Å². The number of rotatable bonds is 5. The molecule has 0 atom stereocenters. The van der Waals surface area contributed by atoms with Gasteiger partial charge in [-0.05, 0) is 70.3 Å². The molecule has 0 aliphatic carbocycles. The van der Waals surface area contributed by atoms with Crippen LogP contribution in [0.4, 0.5) is 0 Å². The van der Waals surface area contributed by atoms with Crippen LogP contribution in [0.15, 0.2) is 194 Å². The fourth-order valence-electron chi connectivity index (χ4n) is 7.81. The van der Waals surface area contributed by atoms with Crippen molar-refractivity contribution in [1.29, 1.82) is 0 Å². The first-order valence-corrected chi connectivity index (χ1v) is 17.2. The van der Waals surface area contributed by atoms with Crippen molar-refractivity contribution in [2.75, 3.05) is 0 Å². The van der Waals surface area contributed by atoms with E-state index in [0.717, 1.165) is 11.4 Å². The molecule has 0 spiro atoms. The second-order valence-electron chi connectivity index (χ2n) is 13.0. The zero-order valence-corrected chi connectivity index (χ0v) is 27.4. The van der Waals surface area contributed by atoms with E-state index in [4.69, 9.17) is 0 Å². The zero-order valence-electron chi connectivity index (χ0n) is 27.4. The van der Waals surface area contributed by atoms with Gasteiger partial charge in [-0.15, -0.1) is 0 Å². The first-order chi connectivity index (χ1) is 24.8. The van der Waals surface area contributed by atoms with Crippen LogP contribution >= 0.6 is 0 Å². The maximum absolute atomic E-state index is 2.49. The van der Waals surface area contributed by atoms with Gasteiger partial charge in [0, 0.05) is 38.5 Å². The Morgan fingerprint density at radius 1 is 0.260 bits per heavy atom. The summed E-state index contributed by atoms with van der Waals surface area (Å²) in [5.41, 5.74) is 14.4. The molecule has 0 N–H and O–H groups in total. The molecule has 8 aromatic carbocycles. The maximum Gasteiger partial charge on any atom is 0.0619 e. The van der Waals surface area contributed by atoms with Gasteiger partial charge in [0.15, 0.2) is 0 Å². The summed E-state index contributed by atoms with van der Waals surface area (Å²) in [6.07, 6.45) is 0. The van der Waals surface area contributed by atoms with Crippen LogP contribution in [0, 0.1) is 0 Å². The monoisotopic (exact) mass is 636 g/mol. The summed E-state index contributed by atoms with van der Waals surface area (Å²) in [7, 11) is 0. The van der Waals surface area contributed by atoms with E-state index in [1.54, 1.807) is 0 Å². The summed E-state index contributed by atoms with van der Waals surface area (Å²) in [5, 5.41) is 5.00. The van der Waals surface area contributed by atoms with Crippen LogP contribution in [0.25, 0.3) is 88.4 Å². The highest BCUT2D eigenvalue weighted by molar-refractivity contribution is 6.21. The number of benzene rings is 8. The molecule has 2 heterocycles. The fraction of sp³-hybridized carbons (Fsp3) is 0. The van der Waals surface area contributed by atoms with Crippen LogP contribution in [0.3, 0.4) is 0 Å². The van der Waals surface area contributed by atoms with Crippen LogP contribution in [0.1, 0.15) is 0 Å². The van der Waals surface area contributed by atoms with E-state index in [2.05, 4.69) is 203 Å². The SMILES string of the molecule is c1ccc(-c2ccc(-n3c4ccccc4c4cc5c6cccc(-c7ccccc7)c6n(-c6cccc(-c7ccccc7)c6)c5cc43)cc2)cc1. The Balaban J connectivity index is 1.29. The first-order valence-electron chi connectivity index (χ1n) is 17.2. The molecule has 2 heteroatoms. The van der Waals surface area contributed by atoms with Crippen molar-refractivity contribution in [2.24, 2.45) is 0 Å². The van der Waals surface area contributed by atoms with E-state index in [0.29, 0.717) is 0 Å². The molecule has 0 amide bonds. The van der Waals surface area contributed by atoms with Gasteiger partial charge in [0.1, 0.15) is 0 Å². The van der Waals surface area contributed by atoms with Crippen LogP contribution in [0.5, 0.6) is 0 Å². The maximum atomic E-state index is 2.49. The molecular formula is C48H32N2. The molecule has 10 aromatic rings. The van der Waals surface area contributed by atoms with Gasteiger partial charge in [-0.1, -0.05) is 152 Å². The van der Waals surface area contributed by atoms with Crippen molar-refractivity contribution in [3.8, 4) is 44.8 Å². The minimum absolute atomic E-state index is 1.14. The lowest BCUT2D eigenvalue weighted by atomic mass is 10.0. The number of hydrogen-bond acceptors (Lipinski definition) is 0. The Labute approximate surface area is 290 Å². The summed E-state index contributed by atoms with van der Waals surface area (Å²) in [5.74, 6) is 0. The molecule has 0 aliphatic rings. The normalized spacial score (nSPS) is 11.6. The first kappa shape index (κ1) is 28.4. The van der Waals surface area contributed by atoms with Gasteiger partial charge in [0.2, 0.25) is 0 Å². The Morgan fingerprint density at radius 3 is 1.54 bits per heavy atom. The standard InChI is InChI=1S/C48H32N2/c1-4-14-33(15-5-1)35-26-28-38(29-27-35)49-45-25-11-10-22-41(45)43-31-44-42-24-13-23-40(36-18-8-3-9-19-36)48(42)50(47(44)32-46(43)49)39-21-12-20-37(30-39)34-16-6-2-7-17-34/h1-32H. The Kier molecular flexibility index (Phi) is 6.53. The molecule has 0 fully saturated rings. The molecule has 2 aromatic heterocycles. The number of fused-ring (bicyclic) bond motifs is 6. The van der Waals surface area contributed by atoms with Crippen LogP contribution in [0.2, 0.25) is 0 Å². The van der Waals surface area contributed by atoms with Crippen molar-refractivity contribution >= 4 is 43.6 Å². The molecule has 234 valence electrons. The van der Waals surface area contributed by atoms with Gasteiger partial charge in [-0.2, -0.15) is 0 Å². The zero-order chi connectivity index (χ0) is 33.0. The van der Waals surface area contributed by atoms with Crippen molar-refractivity contribution in [3.05, 3.63) is 194 Å². The highest BCUT2D eigenvalue weighted by Gasteiger charge is 2.21. The van der Waals surface area contributed by atoms with E-state index < -0.39 is 0 Å². The number of hydrogen-bond donors (Lipinski definition) is 0. The summed E-state index contributed by atoms with van der Waals surface area (Å²) < 4.78 is 4.92. The number of aromatic nitrogens is 2. The molecule has 0 saturated carbocycles. The largest absolute Gasteiger partial charge is 0.309 e. The third-order valence-corrected chi connectivity index (χ3v) is 10.1. The van der Waals surface area contributed by atoms with Gasteiger partial charge in [0.05, 0.1) is 22.1 Å². The number of para-hydroxylation sites is 2. The van der Waals surface area contributed by atoms with Gasteiger partial charge in [0.25, 0.3) is 0 Å². The van der Waals surface area contributed by atoms with E-state index in [9.17, 15) is 0 Å². The van der Waals surface area contributed by atoms with Crippen molar-refractivity contribution in [3.63, 3.8) is 0 Å². The smallest absolute Gasteiger partial charge is 0.0619 e. The fourth-order valence-corrected chi connectivity index (χ4v) is 7.81. The molecule has 10 rings (SSSR count). The molecule has 2 nitrogen and oxygen atoms in total. The lowest BCUT2D eigenvalue weighted by molar-refractivity contribution is 1.17. The summed E-state index contributed by atoms with van der Waals surface area (Å²) in [6.45, 7) is 0. The molecule has 0 radical (unpaired) electrons. The lowest BCUT2D eigenvalue weighted by Gasteiger charge is -2.14. The highest BCUT2D eigenvalue weighted by atomic mass is 15.0. The highest BCUT2D eigenvalue weighted by Crippen LogP contribution is 2.42. The minimum atomic E-state index is 1.14. The Bertz CT molecular complexity index is 2820. The predicted octanol–water partition coefficient (Wildman–Crippen LogP) is 12.9. The molecule has 50 heavy (non-hydrogen) atoms. The van der Waals surface area contributed by atoms with Crippen molar-refractivity contribution in [1.82, 2.24) is 9.13 Å². The summed E-state index contributed by atoms with van der Waals surface area (Å²) in [6, 6.07) is 70.4. The van der Waals surface area contributed by atoms with E-state index in [1.807, 2.05) is 0 Å². The average molecular weight is 637 g/mol. The second-order valence-corrected chi connectivity index (χ2v) is 13.0. The molecular weight excluding hydrogens is 605 g/mol. The van der Waals surface area contributed by atoms with Gasteiger partial charge in [-0.25, -0.2) is 0 Å². The molecule has 0 saturated heterocycles. The Hall–Kier alpha value is -6.64. The topological polar surface area (TPSA) is 9.86 Å². The number of nitrogens with zero attached hydrogens (tertiary/aromatic N) is 2. The lowest BCUT2D eigenvalue weighted by Crippen LogP contribution is -1.97. The van der Waals surface area contributed by atoms with Crippen LogP contribution in [-0.2, 0) is 0 Å². The third-order valence-electron chi connectivity index (χ3n) is 10.1. The summed E-state index contributed by atoms with van der Waals surface area (Å²) in [4.78, 5) is 0. The molecule has 0 aliphatic heterocycles. The van der Waals surface area contributed by atoms with Gasteiger partial charge >= 0.3 is 0 Å². The van der Waals surface area contributed by atoms with E-state index in [-0.39, 0.29) is 0 Å². The average Bonchev–Trinajstić information content (AvgIpc) is 3.70. The predicted molar refractivity (Wildman–Crippen MR) is 211 cm³/mol. The van der Waals surface area contributed by atoms with Crippen LogP contribution < -0.4 is 0 Å². The molecule has 0 unspecified atom stereocenters. The van der Waals surface area contributed by atoms with Crippen molar-refractivity contribution < 1.29 is 0 Å². The third kappa shape index (κ3) is 4.50. The quantitative estimate of drug-likeness (QED) is 0.178. The summed E-state index contributed by atoms with van der Waals surface area (Å²) >= 11 is 0. The second kappa shape index (κ2) is 11.5. The minimum Gasteiger partial charge on any atom is -0.309 e.